The van der Waals surface area contributed by atoms with E-state index in [-0.39, 0.29) is 11.7 Å². The highest BCUT2D eigenvalue weighted by atomic mass is 32.1. The van der Waals surface area contributed by atoms with E-state index in [9.17, 15) is 4.79 Å². The van der Waals surface area contributed by atoms with E-state index >= 15 is 0 Å². The molecule has 0 aliphatic carbocycles. The summed E-state index contributed by atoms with van der Waals surface area (Å²) in [5.41, 5.74) is 1.15. The van der Waals surface area contributed by atoms with Crippen molar-refractivity contribution in [2.24, 2.45) is 0 Å². The SMILES string of the molecule is O=c1c2cc(-c3ccccc3)sc2ncn1C[C@H]1CCCO1. The fourth-order valence-electron chi connectivity index (χ4n) is 2.84. The molecule has 3 aromatic rings. The molecule has 1 saturated heterocycles. The number of thiophene rings is 1. The standard InChI is InChI=1S/C17H16N2O2S/c20-17-14-9-15(12-5-2-1-3-6-12)22-16(14)18-11-19(17)10-13-7-4-8-21-13/h1-3,5-6,9,11,13H,4,7-8,10H2/t13-/m1/s1. The topological polar surface area (TPSA) is 44.1 Å². The first-order valence-electron chi connectivity index (χ1n) is 7.47. The number of hydrogen-bond donors (Lipinski definition) is 0. The third-order valence-electron chi connectivity index (χ3n) is 4.00. The molecule has 4 rings (SSSR count). The molecule has 1 atom stereocenters. The zero-order valence-corrected chi connectivity index (χ0v) is 12.9. The number of benzene rings is 1. The van der Waals surface area contributed by atoms with Gasteiger partial charge in [-0.1, -0.05) is 30.3 Å². The van der Waals surface area contributed by atoms with Crippen LogP contribution in [0.3, 0.4) is 0 Å². The lowest BCUT2D eigenvalue weighted by atomic mass is 10.2. The molecule has 1 aromatic carbocycles. The van der Waals surface area contributed by atoms with Crippen molar-refractivity contribution >= 4 is 21.6 Å². The van der Waals surface area contributed by atoms with Crippen LogP contribution in [0.2, 0.25) is 0 Å². The Bertz CT molecular complexity index is 848. The van der Waals surface area contributed by atoms with Crippen LogP contribution in [-0.2, 0) is 11.3 Å². The summed E-state index contributed by atoms with van der Waals surface area (Å²) >= 11 is 1.56. The van der Waals surface area contributed by atoms with Gasteiger partial charge in [-0.25, -0.2) is 4.98 Å². The highest BCUT2D eigenvalue weighted by Gasteiger charge is 2.18. The summed E-state index contributed by atoms with van der Waals surface area (Å²) in [6.45, 7) is 1.39. The van der Waals surface area contributed by atoms with E-state index < -0.39 is 0 Å². The van der Waals surface area contributed by atoms with Gasteiger partial charge in [0.1, 0.15) is 4.83 Å². The fourth-order valence-corrected chi connectivity index (χ4v) is 3.84. The van der Waals surface area contributed by atoms with Gasteiger partial charge in [0.15, 0.2) is 0 Å². The monoisotopic (exact) mass is 312 g/mol. The third kappa shape index (κ3) is 2.46. The Kier molecular flexibility index (Phi) is 3.52. The van der Waals surface area contributed by atoms with Crippen molar-refractivity contribution in [1.82, 2.24) is 9.55 Å². The molecule has 0 N–H and O–H groups in total. The molecule has 4 nitrogen and oxygen atoms in total. The number of ether oxygens (including phenoxy) is 1. The second-order valence-electron chi connectivity index (χ2n) is 5.53. The normalized spacial score (nSPS) is 18.1. The van der Waals surface area contributed by atoms with Gasteiger partial charge in [-0.15, -0.1) is 11.3 Å². The minimum Gasteiger partial charge on any atom is -0.376 e. The predicted octanol–water partition coefficient (Wildman–Crippen LogP) is 3.30. The lowest BCUT2D eigenvalue weighted by Gasteiger charge is -2.10. The van der Waals surface area contributed by atoms with Crippen molar-refractivity contribution < 1.29 is 4.74 Å². The van der Waals surface area contributed by atoms with E-state index in [0.717, 1.165) is 34.7 Å². The largest absolute Gasteiger partial charge is 0.376 e. The van der Waals surface area contributed by atoms with Gasteiger partial charge in [-0.2, -0.15) is 0 Å². The molecule has 0 bridgehead atoms. The van der Waals surface area contributed by atoms with Crippen LogP contribution in [0.15, 0.2) is 47.5 Å². The van der Waals surface area contributed by atoms with Crippen LogP contribution in [0.1, 0.15) is 12.8 Å². The average molecular weight is 312 g/mol. The maximum absolute atomic E-state index is 12.6. The number of fused-ring (bicyclic) bond motifs is 1. The van der Waals surface area contributed by atoms with Crippen molar-refractivity contribution in [2.45, 2.75) is 25.5 Å². The molecular formula is C17H16N2O2S. The lowest BCUT2D eigenvalue weighted by molar-refractivity contribution is 0.0960. The van der Waals surface area contributed by atoms with E-state index in [0.29, 0.717) is 11.9 Å². The Morgan fingerprint density at radius 1 is 1.32 bits per heavy atom. The zero-order chi connectivity index (χ0) is 14.9. The summed E-state index contributed by atoms with van der Waals surface area (Å²) in [5, 5.41) is 0.698. The summed E-state index contributed by atoms with van der Waals surface area (Å²) < 4.78 is 7.29. The summed E-state index contributed by atoms with van der Waals surface area (Å²) in [4.78, 5) is 19.0. The Morgan fingerprint density at radius 2 is 2.18 bits per heavy atom. The van der Waals surface area contributed by atoms with Gasteiger partial charge in [0.25, 0.3) is 5.56 Å². The van der Waals surface area contributed by atoms with Crippen LogP contribution in [0.4, 0.5) is 0 Å². The van der Waals surface area contributed by atoms with Crippen LogP contribution in [0.25, 0.3) is 20.7 Å². The number of hydrogen-bond acceptors (Lipinski definition) is 4. The molecule has 1 fully saturated rings. The summed E-state index contributed by atoms with van der Waals surface area (Å²) in [5.74, 6) is 0. The van der Waals surface area contributed by atoms with E-state index in [2.05, 4.69) is 17.1 Å². The Labute approximate surface area is 132 Å². The van der Waals surface area contributed by atoms with Crippen LogP contribution >= 0.6 is 11.3 Å². The fraction of sp³-hybridized carbons (Fsp3) is 0.294. The van der Waals surface area contributed by atoms with E-state index in [1.165, 1.54) is 0 Å². The van der Waals surface area contributed by atoms with Crippen molar-refractivity contribution in [3.05, 3.63) is 53.1 Å². The van der Waals surface area contributed by atoms with Gasteiger partial charge in [0.05, 0.1) is 24.4 Å². The van der Waals surface area contributed by atoms with E-state index in [1.807, 2.05) is 24.3 Å². The van der Waals surface area contributed by atoms with Gasteiger partial charge in [0.2, 0.25) is 0 Å². The van der Waals surface area contributed by atoms with Gasteiger partial charge in [-0.05, 0) is 24.5 Å². The quantitative estimate of drug-likeness (QED) is 0.745. The average Bonchev–Trinajstić information content (AvgIpc) is 3.21. The first kappa shape index (κ1) is 13.7. The first-order chi connectivity index (χ1) is 10.8. The first-order valence-corrected chi connectivity index (χ1v) is 8.29. The summed E-state index contributed by atoms with van der Waals surface area (Å²) in [6.07, 6.45) is 3.89. The van der Waals surface area contributed by atoms with Gasteiger partial charge < -0.3 is 4.74 Å². The molecule has 112 valence electrons. The molecule has 0 radical (unpaired) electrons. The molecule has 0 unspecified atom stereocenters. The second kappa shape index (κ2) is 5.66. The Morgan fingerprint density at radius 3 is 2.95 bits per heavy atom. The third-order valence-corrected chi connectivity index (χ3v) is 5.09. The predicted molar refractivity (Wildman–Crippen MR) is 88.3 cm³/mol. The second-order valence-corrected chi connectivity index (χ2v) is 6.56. The van der Waals surface area contributed by atoms with Crippen molar-refractivity contribution in [3.63, 3.8) is 0 Å². The van der Waals surface area contributed by atoms with Gasteiger partial charge >= 0.3 is 0 Å². The molecule has 0 amide bonds. The number of rotatable bonds is 3. The number of nitrogens with zero attached hydrogens (tertiary/aromatic N) is 2. The summed E-state index contributed by atoms with van der Waals surface area (Å²) in [6, 6.07) is 12.1. The van der Waals surface area contributed by atoms with Gasteiger partial charge in [-0.3, -0.25) is 9.36 Å². The van der Waals surface area contributed by atoms with E-state index in [4.69, 9.17) is 4.74 Å². The van der Waals surface area contributed by atoms with Crippen LogP contribution in [-0.4, -0.2) is 22.3 Å². The molecular weight excluding hydrogens is 296 g/mol. The zero-order valence-electron chi connectivity index (χ0n) is 12.1. The molecule has 2 aromatic heterocycles. The number of aromatic nitrogens is 2. The van der Waals surface area contributed by atoms with Crippen LogP contribution < -0.4 is 5.56 Å². The maximum atomic E-state index is 12.6. The minimum atomic E-state index is 0.0268. The lowest BCUT2D eigenvalue weighted by Crippen LogP contribution is -2.26. The smallest absolute Gasteiger partial charge is 0.262 e. The minimum absolute atomic E-state index is 0.0268. The highest BCUT2D eigenvalue weighted by molar-refractivity contribution is 7.21. The summed E-state index contributed by atoms with van der Waals surface area (Å²) in [7, 11) is 0. The molecule has 3 heterocycles. The van der Waals surface area contributed by atoms with Crippen molar-refractivity contribution in [1.29, 1.82) is 0 Å². The highest BCUT2D eigenvalue weighted by Crippen LogP contribution is 2.30. The van der Waals surface area contributed by atoms with Gasteiger partial charge in [0, 0.05) is 11.5 Å². The maximum Gasteiger partial charge on any atom is 0.262 e. The molecule has 5 heteroatoms. The molecule has 0 spiro atoms. The van der Waals surface area contributed by atoms with Crippen LogP contribution in [0.5, 0.6) is 0 Å². The molecule has 1 aliphatic heterocycles. The Balaban J connectivity index is 1.73. The molecule has 22 heavy (non-hydrogen) atoms. The van der Waals surface area contributed by atoms with Crippen molar-refractivity contribution in [2.75, 3.05) is 6.61 Å². The molecule has 1 aliphatic rings. The molecule has 0 saturated carbocycles. The Hall–Kier alpha value is -1.98. The van der Waals surface area contributed by atoms with Crippen molar-refractivity contribution in [3.8, 4) is 10.4 Å². The van der Waals surface area contributed by atoms with Crippen LogP contribution in [0, 0.1) is 0 Å². The van der Waals surface area contributed by atoms with E-state index in [1.54, 1.807) is 22.2 Å².